The first-order chi connectivity index (χ1) is 25.9. The highest BCUT2D eigenvalue weighted by Gasteiger charge is 2.50. The maximum atomic E-state index is 6.04. The van der Waals surface area contributed by atoms with Crippen molar-refractivity contribution >= 4 is 11.9 Å². The first-order valence-corrected chi connectivity index (χ1v) is 22.2. The minimum Gasteiger partial charge on any atom is -0.341 e. The van der Waals surface area contributed by atoms with Crippen molar-refractivity contribution in [2.45, 2.75) is 226 Å². The monoisotopic (exact) mass is 787 g/mol. The summed E-state index contributed by atoms with van der Waals surface area (Å²) in [6, 6.07) is 0.535. The molecule has 11 nitrogen and oxygen atoms in total. The SMILES string of the molecule is CCc1nc(N(C)C2CC(C)(C)N(OC)C(C)(C)C2)nc(N(CCCCCCC(CC)C2CC(C)(C)N(OC)C(C)(C)C2)C2CC(C)(C)N(OC)C(C)(C)C2)n1. The molecule has 0 amide bonds. The second-order valence-electron chi connectivity index (χ2n) is 21.5. The number of aromatic nitrogens is 3. The highest BCUT2D eigenvalue weighted by molar-refractivity contribution is 5.41. The van der Waals surface area contributed by atoms with E-state index in [0.717, 1.165) is 74.6 Å². The Morgan fingerprint density at radius 2 is 0.982 bits per heavy atom. The van der Waals surface area contributed by atoms with E-state index in [0.29, 0.717) is 0 Å². The molecular weight excluding hydrogens is 701 g/mol. The van der Waals surface area contributed by atoms with Crippen LogP contribution in [0.4, 0.5) is 11.9 Å². The normalized spacial score (nSPS) is 25.0. The molecule has 3 saturated heterocycles. The van der Waals surface area contributed by atoms with E-state index in [9.17, 15) is 0 Å². The van der Waals surface area contributed by atoms with Crippen molar-refractivity contribution in [3.05, 3.63) is 5.82 Å². The molecule has 0 bridgehead atoms. The average Bonchev–Trinajstić information content (AvgIpc) is 3.06. The zero-order valence-electron chi connectivity index (χ0n) is 39.5. The molecule has 324 valence electrons. The van der Waals surface area contributed by atoms with Gasteiger partial charge in [-0.2, -0.15) is 30.1 Å². The molecule has 3 aliphatic rings. The topological polar surface area (TPSA) is 82.6 Å². The van der Waals surface area contributed by atoms with Crippen LogP contribution in [0.1, 0.15) is 180 Å². The third-order valence-corrected chi connectivity index (χ3v) is 13.8. The maximum absolute atomic E-state index is 6.04. The summed E-state index contributed by atoms with van der Waals surface area (Å²) in [6.45, 7) is 33.3. The van der Waals surface area contributed by atoms with Crippen molar-refractivity contribution in [1.29, 1.82) is 0 Å². The Morgan fingerprint density at radius 3 is 1.41 bits per heavy atom. The van der Waals surface area contributed by atoms with Crippen LogP contribution in [-0.2, 0) is 20.9 Å². The zero-order chi connectivity index (χ0) is 42.1. The van der Waals surface area contributed by atoms with Gasteiger partial charge in [0.15, 0.2) is 0 Å². The molecule has 1 aromatic rings. The molecule has 0 aliphatic carbocycles. The molecule has 1 atom stereocenters. The number of aryl methyl sites for hydroxylation is 1. The number of unbranched alkanes of at least 4 members (excludes halogenated alkanes) is 3. The molecule has 4 heterocycles. The second-order valence-corrected chi connectivity index (χ2v) is 21.5. The van der Waals surface area contributed by atoms with Crippen molar-refractivity contribution < 1.29 is 14.5 Å². The molecule has 0 spiro atoms. The van der Waals surface area contributed by atoms with E-state index < -0.39 is 0 Å². The number of anilines is 2. The van der Waals surface area contributed by atoms with Crippen molar-refractivity contribution in [2.75, 3.05) is 44.7 Å². The lowest BCUT2D eigenvalue weighted by atomic mass is 9.68. The van der Waals surface area contributed by atoms with Crippen LogP contribution in [0, 0.1) is 11.8 Å². The second kappa shape index (κ2) is 17.9. The highest BCUT2D eigenvalue weighted by Crippen LogP contribution is 2.46. The lowest BCUT2D eigenvalue weighted by Crippen LogP contribution is -2.64. The van der Waals surface area contributed by atoms with Crippen molar-refractivity contribution in [3.8, 4) is 0 Å². The third kappa shape index (κ3) is 10.4. The van der Waals surface area contributed by atoms with Gasteiger partial charge < -0.3 is 24.3 Å². The molecule has 3 aliphatic heterocycles. The number of nitrogens with zero attached hydrogens (tertiary/aromatic N) is 8. The smallest absolute Gasteiger partial charge is 0.230 e. The Balaban J connectivity index is 1.54. The van der Waals surface area contributed by atoms with Gasteiger partial charge in [-0.15, -0.1) is 0 Å². The summed E-state index contributed by atoms with van der Waals surface area (Å²) >= 11 is 0. The minimum absolute atomic E-state index is 0.0384. The third-order valence-electron chi connectivity index (χ3n) is 13.8. The van der Waals surface area contributed by atoms with Crippen molar-refractivity contribution in [2.24, 2.45) is 11.8 Å². The summed E-state index contributed by atoms with van der Waals surface area (Å²) in [4.78, 5) is 38.4. The molecule has 0 radical (unpaired) electrons. The van der Waals surface area contributed by atoms with Crippen LogP contribution < -0.4 is 9.80 Å². The van der Waals surface area contributed by atoms with Crippen LogP contribution in [0.15, 0.2) is 0 Å². The van der Waals surface area contributed by atoms with Crippen LogP contribution >= 0.6 is 0 Å². The summed E-state index contributed by atoms with van der Waals surface area (Å²) in [6.07, 6.45) is 14.4. The van der Waals surface area contributed by atoms with Gasteiger partial charge in [-0.25, -0.2) is 0 Å². The van der Waals surface area contributed by atoms with E-state index >= 15 is 0 Å². The van der Waals surface area contributed by atoms with E-state index in [2.05, 4.69) is 129 Å². The molecule has 4 rings (SSSR count). The van der Waals surface area contributed by atoms with Crippen LogP contribution in [0.25, 0.3) is 0 Å². The molecule has 3 fully saturated rings. The summed E-state index contributed by atoms with van der Waals surface area (Å²) in [5.74, 6) is 3.94. The number of hydroxylamine groups is 6. The molecule has 0 saturated carbocycles. The molecule has 56 heavy (non-hydrogen) atoms. The van der Waals surface area contributed by atoms with Crippen molar-refractivity contribution in [3.63, 3.8) is 0 Å². The predicted molar refractivity (Wildman–Crippen MR) is 232 cm³/mol. The first-order valence-electron chi connectivity index (χ1n) is 22.2. The summed E-state index contributed by atoms with van der Waals surface area (Å²) in [7, 11) is 7.63. The van der Waals surface area contributed by atoms with E-state index in [1.807, 2.05) is 14.2 Å². The Kier molecular flexibility index (Phi) is 15.1. The molecule has 1 aromatic heterocycles. The Morgan fingerprint density at radius 1 is 0.571 bits per heavy atom. The van der Waals surface area contributed by atoms with Gasteiger partial charge in [-0.05, 0) is 140 Å². The largest absolute Gasteiger partial charge is 0.341 e. The van der Waals surface area contributed by atoms with E-state index in [4.69, 9.17) is 29.5 Å². The standard InChI is InChI=1S/C45H86N8O3/c1-19-33(34-27-40(3,4)51(54-16)41(5,6)28-34)25-23-21-22-24-26-50(36-31-44(11,12)53(56-18)45(13,14)32-36)39-47-37(20-2)46-38(48-39)49(15)35-29-42(7,8)52(55-17)43(9,10)30-35/h33-36H,19-32H2,1-18H3. The Labute approximate surface area is 343 Å². The average molecular weight is 787 g/mol. The van der Waals surface area contributed by atoms with E-state index in [-0.39, 0.29) is 45.3 Å². The van der Waals surface area contributed by atoms with Gasteiger partial charge in [0, 0.05) is 65.3 Å². The highest BCUT2D eigenvalue weighted by atomic mass is 16.7. The fourth-order valence-corrected chi connectivity index (χ4v) is 12.3. The first kappa shape index (κ1) is 47.1. The Hall–Kier alpha value is -1.63. The molecule has 1 unspecified atom stereocenters. The van der Waals surface area contributed by atoms with Gasteiger partial charge in [-0.1, -0.05) is 46.0 Å². The van der Waals surface area contributed by atoms with Gasteiger partial charge in [-0.3, -0.25) is 0 Å². The van der Waals surface area contributed by atoms with E-state index in [1.54, 1.807) is 7.11 Å². The summed E-state index contributed by atoms with van der Waals surface area (Å²) < 4.78 is 0. The number of hydrogen-bond acceptors (Lipinski definition) is 11. The summed E-state index contributed by atoms with van der Waals surface area (Å²) in [5, 5.41) is 6.63. The van der Waals surface area contributed by atoms with Gasteiger partial charge in [0.1, 0.15) is 5.82 Å². The fourth-order valence-electron chi connectivity index (χ4n) is 12.3. The van der Waals surface area contributed by atoms with Crippen LogP contribution in [0.5, 0.6) is 0 Å². The zero-order valence-corrected chi connectivity index (χ0v) is 39.5. The van der Waals surface area contributed by atoms with Gasteiger partial charge in [0.05, 0.1) is 21.3 Å². The Bertz CT molecular complexity index is 1360. The molecular formula is C45H86N8O3. The predicted octanol–water partition coefficient (Wildman–Crippen LogP) is 9.65. The van der Waals surface area contributed by atoms with Gasteiger partial charge in [0.25, 0.3) is 0 Å². The van der Waals surface area contributed by atoms with Gasteiger partial charge in [0.2, 0.25) is 11.9 Å². The van der Waals surface area contributed by atoms with E-state index in [1.165, 1.54) is 44.9 Å². The van der Waals surface area contributed by atoms with Gasteiger partial charge >= 0.3 is 0 Å². The van der Waals surface area contributed by atoms with Crippen LogP contribution in [0.3, 0.4) is 0 Å². The number of hydrogen-bond donors (Lipinski definition) is 0. The minimum atomic E-state index is -0.149. The maximum Gasteiger partial charge on any atom is 0.230 e. The number of piperidine rings is 3. The number of rotatable bonds is 17. The molecule has 11 heteroatoms. The quantitative estimate of drug-likeness (QED) is 0.142. The fraction of sp³-hybridized carbons (Fsp3) is 0.933. The molecule has 0 N–H and O–H groups in total. The van der Waals surface area contributed by atoms with Crippen molar-refractivity contribution in [1.82, 2.24) is 30.1 Å². The lowest BCUT2D eigenvalue weighted by molar-refractivity contribution is -0.274. The lowest BCUT2D eigenvalue weighted by Gasteiger charge is -2.55. The summed E-state index contributed by atoms with van der Waals surface area (Å²) in [5.41, 5.74) is -0.492. The van der Waals surface area contributed by atoms with Crippen LogP contribution in [-0.4, -0.2) is 110 Å². The van der Waals surface area contributed by atoms with Crippen LogP contribution in [0.2, 0.25) is 0 Å². The molecule has 0 aromatic carbocycles.